The number of H-pyrrole nitrogens is 1. The van der Waals surface area contributed by atoms with E-state index in [1.165, 1.54) is 64.5 Å². The number of aromatic amines is 1. The van der Waals surface area contributed by atoms with E-state index in [0.29, 0.717) is 12.2 Å². The van der Waals surface area contributed by atoms with E-state index in [1.54, 1.807) is 6.20 Å². The van der Waals surface area contributed by atoms with Crippen molar-refractivity contribution in [2.45, 2.75) is 58.3 Å². The maximum Gasteiger partial charge on any atom is 0.119 e. The number of aromatic nitrogens is 2. The van der Waals surface area contributed by atoms with Gasteiger partial charge in [-0.25, -0.2) is 0 Å². The van der Waals surface area contributed by atoms with Gasteiger partial charge in [-0.15, -0.1) is 0 Å². The number of likely N-dealkylation sites (tertiary alicyclic amines) is 1. The van der Waals surface area contributed by atoms with E-state index in [-0.39, 0.29) is 0 Å². The van der Waals surface area contributed by atoms with Crippen LogP contribution in [0.3, 0.4) is 0 Å². The molecule has 41 heavy (non-hydrogen) atoms. The molecule has 2 fully saturated rings. The van der Waals surface area contributed by atoms with Crippen LogP contribution in [0.4, 0.5) is 11.4 Å². The molecule has 1 aliphatic heterocycles. The van der Waals surface area contributed by atoms with Crippen LogP contribution in [0, 0.1) is 30.1 Å². The van der Waals surface area contributed by atoms with Crippen molar-refractivity contribution in [3.63, 3.8) is 0 Å². The Morgan fingerprint density at radius 1 is 0.976 bits per heavy atom. The SMILES string of the molecule is Cc1c(Nc2c(C#N)cncc2-c2ccc(OCCN3CCC(CCC4CCCC4)CC3)cc2)ccc2[nH]ccc12. The molecule has 0 bridgehead atoms. The first kappa shape index (κ1) is 27.4. The van der Waals surface area contributed by atoms with Crippen molar-refractivity contribution in [1.82, 2.24) is 14.9 Å². The van der Waals surface area contributed by atoms with Gasteiger partial charge in [0, 0.05) is 47.3 Å². The van der Waals surface area contributed by atoms with E-state index in [2.05, 4.69) is 63.5 Å². The van der Waals surface area contributed by atoms with Crippen LogP contribution < -0.4 is 10.1 Å². The molecule has 2 aromatic carbocycles. The molecule has 0 atom stereocenters. The molecule has 212 valence electrons. The summed E-state index contributed by atoms with van der Waals surface area (Å²) in [6.45, 7) is 6.17. The minimum atomic E-state index is 0.513. The summed E-state index contributed by atoms with van der Waals surface area (Å²) in [5.74, 6) is 2.81. The van der Waals surface area contributed by atoms with Crippen molar-refractivity contribution in [2.75, 3.05) is 31.6 Å². The van der Waals surface area contributed by atoms with Gasteiger partial charge in [0.2, 0.25) is 0 Å². The molecule has 6 heteroatoms. The summed E-state index contributed by atoms with van der Waals surface area (Å²) in [5, 5.41) is 14.6. The normalized spacial score (nSPS) is 16.7. The van der Waals surface area contributed by atoms with Gasteiger partial charge in [0.05, 0.1) is 11.3 Å². The molecule has 0 spiro atoms. The zero-order valence-electron chi connectivity index (χ0n) is 24.2. The van der Waals surface area contributed by atoms with E-state index in [0.717, 1.165) is 63.1 Å². The summed E-state index contributed by atoms with van der Waals surface area (Å²) in [4.78, 5) is 10.2. The Bertz CT molecular complexity index is 1490. The number of fused-ring (bicyclic) bond motifs is 1. The van der Waals surface area contributed by atoms with Gasteiger partial charge in [0.15, 0.2) is 0 Å². The number of piperidine rings is 1. The van der Waals surface area contributed by atoms with Gasteiger partial charge < -0.3 is 15.0 Å². The largest absolute Gasteiger partial charge is 0.492 e. The number of nitriles is 1. The van der Waals surface area contributed by atoms with Crippen LogP contribution in [0.25, 0.3) is 22.0 Å². The van der Waals surface area contributed by atoms with Crippen LogP contribution in [0.2, 0.25) is 0 Å². The van der Waals surface area contributed by atoms with Crippen molar-refractivity contribution >= 4 is 22.3 Å². The summed E-state index contributed by atoms with van der Waals surface area (Å²) in [5.41, 5.74) is 6.35. The standard InChI is InChI=1S/C35H41N5O/c1-25-31-14-17-38-34(31)13-12-33(25)39-35-29(22-36)23-37-24-32(35)28-8-10-30(11-9-28)41-21-20-40-18-15-27(16-19-40)7-6-26-4-2-3-5-26/h8-14,17,23-24,26-27,38H,2-7,15-16,18-21H2,1H3,(H,37,39). The molecule has 2 N–H and O–H groups in total. The fraction of sp³-hybridized carbons (Fsp3) is 0.429. The van der Waals surface area contributed by atoms with E-state index < -0.39 is 0 Å². The Kier molecular flexibility index (Phi) is 8.53. The average molecular weight is 548 g/mol. The lowest BCUT2D eigenvalue weighted by atomic mass is 9.88. The Morgan fingerprint density at radius 2 is 1.73 bits per heavy atom. The smallest absolute Gasteiger partial charge is 0.119 e. The Balaban J connectivity index is 1.04. The van der Waals surface area contributed by atoms with Crippen LogP contribution in [0.1, 0.15) is 62.5 Å². The number of nitrogens with one attached hydrogen (secondary N) is 2. The third-order valence-corrected chi connectivity index (χ3v) is 9.34. The predicted octanol–water partition coefficient (Wildman–Crippen LogP) is 8.21. The minimum absolute atomic E-state index is 0.513. The van der Waals surface area contributed by atoms with Crippen molar-refractivity contribution in [2.24, 2.45) is 11.8 Å². The monoisotopic (exact) mass is 547 g/mol. The summed E-state index contributed by atoms with van der Waals surface area (Å²) in [6.07, 6.45) is 16.8. The molecular formula is C35H41N5O. The van der Waals surface area contributed by atoms with E-state index in [9.17, 15) is 5.26 Å². The number of rotatable bonds is 10. The van der Waals surface area contributed by atoms with Crippen molar-refractivity contribution in [3.05, 3.63) is 72.2 Å². The summed E-state index contributed by atoms with van der Waals surface area (Å²) >= 11 is 0. The molecule has 6 rings (SSSR count). The Hall–Kier alpha value is -3.82. The highest BCUT2D eigenvalue weighted by Gasteiger charge is 2.22. The highest BCUT2D eigenvalue weighted by atomic mass is 16.5. The average Bonchev–Trinajstić information content (AvgIpc) is 3.72. The number of hydrogen-bond donors (Lipinski definition) is 2. The molecule has 0 unspecified atom stereocenters. The van der Waals surface area contributed by atoms with Crippen LogP contribution in [-0.2, 0) is 0 Å². The van der Waals surface area contributed by atoms with E-state index in [1.807, 2.05) is 24.5 Å². The summed E-state index contributed by atoms with van der Waals surface area (Å²) in [7, 11) is 0. The number of anilines is 2. The zero-order valence-corrected chi connectivity index (χ0v) is 24.2. The number of nitrogens with zero attached hydrogens (tertiary/aromatic N) is 3. The molecule has 1 saturated carbocycles. The quantitative estimate of drug-likeness (QED) is 0.209. The number of ether oxygens (including phenoxy) is 1. The second-order valence-corrected chi connectivity index (χ2v) is 11.9. The molecule has 2 aliphatic rings. The number of pyridine rings is 1. The second-order valence-electron chi connectivity index (χ2n) is 11.9. The molecule has 0 radical (unpaired) electrons. The van der Waals surface area contributed by atoms with Crippen molar-refractivity contribution in [1.29, 1.82) is 5.26 Å². The zero-order chi connectivity index (χ0) is 28.0. The van der Waals surface area contributed by atoms with Gasteiger partial charge in [0.25, 0.3) is 0 Å². The lowest BCUT2D eigenvalue weighted by Gasteiger charge is -2.32. The minimum Gasteiger partial charge on any atom is -0.492 e. The number of aryl methyl sites for hydroxylation is 1. The number of hydrogen-bond acceptors (Lipinski definition) is 5. The molecule has 4 aromatic rings. The Morgan fingerprint density at radius 3 is 2.49 bits per heavy atom. The Labute approximate surface area is 243 Å². The lowest BCUT2D eigenvalue weighted by molar-refractivity contribution is 0.148. The van der Waals surface area contributed by atoms with Gasteiger partial charge in [-0.1, -0.05) is 50.7 Å². The molecule has 0 amide bonds. The summed E-state index contributed by atoms with van der Waals surface area (Å²) < 4.78 is 6.13. The number of benzene rings is 2. The predicted molar refractivity (Wildman–Crippen MR) is 167 cm³/mol. The van der Waals surface area contributed by atoms with Gasteiger partial charge in [-0.3, -0.25) is 9.88 Å². The van der Waals surface area contributed by atoms with Gasteiger partial charge in [-0.05, 0) is 86.1 Å². The molecular weight excluding hydrogens is 506 g/mol. The van der Waals surface area contributed by atoms with Crippen LogP contribution in [0.15, 0.2) is 61.1 Å². The third-order valence-electron chi connectivity index (χ3n) is 9.34. The first-order valence-corrected chi connectivity index (χ1v) is 15.4. The second kappa shape index (κ2) is 12.8. The fourth-order valence-corrected chi connectivity index (χ4v) is 6.75. The molecule has 1 aliphatic carbocycles. The van der Waals surface area contributed by atoms with Gasteiger partial charge in [0.1, 0.15) is 18.4 Å². The topological polar surface area (TPSA) is 77.0 Å². The maximum absolute atomic E-state index is 9.85. The van der Waals surface area contributed by atoms with Gasteiger partial charge >= 0.3 is 0 Å². The highest BCUT2D eigenvalue weighted by Crippen LogP contribution is 2.36. The van der Waals surface area contributed by atoms with E-state index in [4.69, 9.17) is 4.74 Å². The fourth-order valence-electron chi connectivity index (χ4n) is 6.75. The molecule has 6 nitrogen and oxygen atoms in total. The molecule has 3 heterocycles. The third kappa shape index (κ3) is 6.41. The summed E-state index contributed by atoms with van der Waals surface area (Å²) in [6, 6.07) is 16.6. The van der Waals surface area contributed by atoms with Crippen LogP contribution in [0.5, 0.6) is 5.75 Å². The van der Waals surface area contributed by atoms with Crippen molar-refractivity contribution < 1.29 is 4.74 Å². The molecule has 2 aromatic heterocycles. The first-order valence-electron chi connectivity index (χ1n) is 15.4. The van der Waals surface area contributed by atoms with Crippen molar-refractivity contribution in [3.8, 4) is 22.9 Å². The first-order chi connectivity index (χ1) is 20.2. The van der Waals surface area contributed by atoms with Crippen LogP contribution >= 0.6 is 0 Å². The lowest BCUT2D eigenvalue weighted by Crippen LogP contribution is -2.36. The van der Waals surface area contributed by atoms with Gasteiger partial charge in [-0.2, -0.15) is 5.26 Å². The maximum atomic E-state index is 9.85. The highest BCUT2D eigenvalue weighted by molar-refractivity contribution is 5.91. The van der Waals surface area contributed by atoms with E-state index >= 15 is 0 Å². The molecule has 1 saturated heterocycles. The van der Waals surface area contributed by atoms with Crippen LogP contribution in [-0.4, -0.2) is 41.1 Å².